The number of hydrogen-bond acceptors (Lipinski definition) is 2. The van der Waals surface area contributed by atoms with Gasteiger partial charge < -0.3 is 4.74 Å². The minimum absolute atomic E-state index is 0.128. The molecule has 0 aliphatic carbocycles. The van der Waals surface area contributed by atoms with Crippen LogP contribution in [-0.2, 0) is 9.53 Å². The molecule has 0 aromatic heterocycles. The van der Waals surface area contributed by atoms with Gasteiger partial charge in [0.15, 0.2) is 0 Å². The SMILES string of the molecule is CCCCCCCCCCCCCCCCCCOC(=O)C(CCCCCCCCCCCCCCCCCC)CCCCCCCCCCCCCCCCCC. The van der Waals surface area contributed by atoms with E-state index in [1.54, 1.807) is 0 Å². The summed E-state index contributed by atoms with van der Waals surface area (Å²) in [6.07, 6.45) is 69.0. The molecule has 0 bridgehead atoms. The van der Waals surface area contributed by atoms with Crippen molar-refractivity contribution in [2.45, 2.75) is 342 Å². The molecule has 2 heteroatoms. The highest BCUT2D eigenvalue weighted by atomic mass is 16.5. The zero-order chi connectivity index (χ0) is 41.9. The highest BCUT2D eigenvalue weighted by Gasteiger charge is 2.19. The maximum absolute atomic E-state index is 13.3. The van der Waals surface area contributed by atoms with E-state index in [9.17, 15) is 4.79 Å². The molecule has 0 amide bonds. The molecule has 0 aromatic carbocycles. The van der Waals surface area contributed by atoms with Crippen molar-refractivity contribution in [3.8, 4) is 0 Å². The van der Waals surface area contributed by atoms with Gasteiger partial charge in [0, 0.05) is 0 Å². The van der Waals surface area contributed by atoms with Crippen molar-refractivity contribution in [3.63, 3.8) is 0 Å². The summed E-state index contributed by atoms with van der Waals surface area (Å²) in [6.45, 7) is 7.56. The van der Waals surface area contributed by atoms with Crippen LogP contribution in [0.25, 0.3) is 0 Å². The summed E-state index contributed by atoms with van der Waals surface area (Å²) in [6, 6.07) is 0. The Morgan fingerprint density at radius 3 is 0.638 bits per heavy atom. The highest BCUT2D eigenvalue weighted by molar-refractivity contribution is 5.72. The second-order valence-corrected chi connectivity index (χ2v) is 19.4. The molecule has 0 saturated heterocycles. The average molecular weight is 818 g/mol. The van der Waals surface area contributed by atoms with Crippen molar-refractivity contribution in [2.75, 3.05) is 6.61 Å². The molecule has 348 valence electrons. The van der Waals surface area contributed by atoms with Crippen LogP contribution in [0.5, 0.6) is 0 Å². The number of carbonyl (C=O) groups is 1. The fraction of sp³-hybridized carbons (Fsp3) is 0.982. The van der Waals surface area contributed by atoms with Gasteiger partial charge in [-0.05, 0) is 19.3 Å². The Labute approximate surface area is 368 Å². The smallest absolute Gasteiger partial charge is 0.308 e. The van der Waals surface area contributed by atoms with Crippen LogP contribution >= 0.6 is 0 Å². The van der Waals surface area contributed by atoms with Gasteiger partial charge in [-0.1, -0.05) is 323 Å². The molecule has 0 aromatic rings. The summed E-state index contributed by atoms with van der Waals surface area (Å²) < 4.78 is 5.94. The van der Waals surface area contributed by atoms with Gasteiger partial charge in [-0.15, -0.1) is 0 Å². The van der Waals surface area contributed by atoms with Crippen molar-refractivity contribution in [3.05, 3.63) is 0 Å². The quantitative estimate of drug-likeness (QED) is 0.0451. The molecule has 0 unspecified atom stereocenters. The molecule has 0 N–H and O–H groups in total. The van der Waals surface area contributed by atoms with Crippen LogP contribution in [0.3, 0.4) is 0 Å². The van der Waals surface area contributed by atoms with Gasteiger partial charge in [-0.25, -0.2) is 0 Å². The molecule has 58 heavy (non-hydrogen) atoms. The van der Waals surface area contributed by atoms with Crippen LogP contribution in [-0.4, -0.2) is 12.6 Å². The van der Waals surface area contributed by atoms with Gasteiger partial charge in [-0.3, -0.25) is 4.79 Å². The maximum atomic E-state index is 13.3. The third-order valence-electron chi connectivity index (χ3n) is 13.4. The van der Waals surface area contributed by atoms with E-state index in [1.807, 2.05) is 0 Å². The number of carbonyl (C=O) groups excluding carboxylic acids is 1. The minimum Gasteiger partial charge on any atom is -0.465 e. The second kappa shape index (κ2) is 52.6. The summed E-state index contributed by atoms with van der Waals surface area (Å²) in [7, 11) is 0. The van der Waals surface area contributed by atoms with E-state index in [-0.39, 0.29) is 11.9 Å². The van der Waals surface area contributed by atoms with Gasteiger partial charge in [0.2, 0.25) is 0 Å². The monoisotopic (exact) mass is 817 g/mol. The van der Waals surface area contributed by atoms with E-state index < -0.39 is 0 Å². The first kappa shape index (κ1) is 57.5. The van der Waals surface area contributed by atoms with E-state index in [1.165, 1.54) is 302 Å². The summed E-state index contributed by atoms with van der Waals surface area (Å²) in [4.78, 5) is 13.3. The highest BCUT2D eigenvalue weighted by Crippen LogP contribution is 2.22. The molecule has 0 radical (unpaired) electrons. The lowest BCUT2D eigenvalue weighted by Gasteiger charge is -2.16. The Bertz CT molecular complexity index is 696. The van der Waals surface area contributed by atoms with Gasteiger partial charge >= 0.3 is 5.97 Å². The predicted octanol–water partition coefficient (Wildman–Crippen LogP) is 20.7. The number of rotatable bonds is 52. The Kier molecular flexibility index (Phi) is 52.1. The average Bonchev–Trinajstić information content (AvgIpc) is 3.23. The first-order chi connectivity index (χ1) is 28.8. The Morgan fingerprint density at radius 2 is 0.431 bits per heavy atom. The summed E-state index contributed by atoms with van der Waals surface area (Å²) in [5.41, 5.74) is 0. The van der Waals surface area contributed by atoms with Crippen molar-refractivity contribution in [1.29, 1.82) is 0 Å². The van der Waals surface area contributed by atoms with Crippen LogP contribution in [0.1, 0.15) is 342 Å². The number of ether oxygens (including phenoxy) is 1. The van der Waals surface area contributed by atoms with E-state index in [0.29, 0.717) is 6.61 Å². The zero-order valence-electron chi connectivity index (χ0n) is 41.0. The van der Waals surface area contributed by atoms with Gasteiger partial charge in [0.05, 0.1) is 12.5 Å². The molecule has 0 rings (SSSR count). The molecule has 0 heterocycles. The summed E-state index contributed by atoms with van der Waals surface area (Å²) in [5.74, 6) is 0.266. The minimum atomic E-state index is 0.128. The number of esters is 1. The lowest BCUT2D eigenvalue weighted by atomic mass is 9.94. The lowest BCUT2D eigenvalue weighted by Crippen LogP contribution is -2.18. The lowest BCUT2D eigenvalue weighted by molar-refractivity contribution is -0.149. The number of hydrogen-bond donors (Lipinski definition) is 0. The molecule has 0 atom stereocenters. The molecular formula is C56H112O2. The van der Waals surface area contributed by atoms with Crippen molar-refractivity contribution in [1.82, 2.24) is 0 Å². The van der Waals surface area contributed by atoms with Crippen LogP contribution in [0, 0.1) is 5.92 Å². The first-order valence-electron chi connectivity index (χ1n) is 27.9. The predicted molar refractivity (Wildman–Crippen MR) is 262 cm³/mol. The third-order valence-corrected chi connectivity index (χ3v) is 13.4. The summed E-state index contributed by atoms with van der Waals surface area (Å²) in [5, 5.41) is 0. The maximum Gasteiger partial charge on any atom is 0.308 e. The third kappa shape index (κ3) is 48.1. The molecule has 0 spiro atoms. The van der Waals surface area contributed by atoms with Crippen molar-refractivity contribution < 1.29 is 9.53 Å². The van der Waals surface area contributed by atoms with E-state index in [2.05, 4.69) is 20.8 Å². The summed E-state index contributed by atoms with van der Waals surface area (Å²) >= 11 is 0. The standard InChI is InChI=1S/C56H112O2/c1-4-7-10-13-16-19-22-25-28-31-34-37-40-43-46-49-52-55(53-50-47-44-41-38-35-32-29-26-23-20-17-14-11-8-5-2)56(57)58-54-51-48-45-42-39-36-33-30-27-24-21-18-15-12-9-6-3/h55H,4-54H2,1-3H3. The molecular weight excluding hydrogens is 705 g/mol. The van der Waals surface area contributed by atoms with Gasteiger partial charge in [0.1, 0.15) is 0 Å². The van der Waals surface area contributed by atoms with Crippen molar-refractivity contribution >= 4 is 5.97 Å². The van der Waals surface area contributed by atoms with Crippen LogP contribution < -0.4 is 0 Å². The van der Waals surface area contributed by atoms with E-state index in [4.69, 9.17) is 4.74 Å². The fourth-order valence-electron chi connectivity index (χ4n) is 9.20. The topological polar surface area (TPSA) is 26.3 Å². The largest absolute Gasteiger partial charge is 0.465 e. The van der Waals surface area contributed by atoms with Crippen LogP contribution in [0.4, 0.5) is 0 Å². The van der Waals surface area contributed by atoms with E-state index in [0.717, 1.165) is 19.3 Å². The molecule has 2 nitrogen and oxygen atoms in total. The van der Waals surface area contributed by atoms with Crippen LogP contribution in [0.2, 0.25) is 0 Å². The van der Waals surface area contributed by atoms with Crippen LogP contribution in [0.15, 0.2) is 0 Å². The Hall–Kier alpha value is -0.530. The van der Waals surface area contributed by atoms with Crippen molar-refractivity contribution in [2.24, 2.45) is 5.92 Å². The Balaban J connectivity index is 4.07. The zero-order valence-corrected chi connectivity index (χ0v) is 41.0. The molecule has 0 aliphatic heterocycles. The first-order valence-corrected chi connectivity index (χ1v) is 27.9. The molecule has 0 saturated carbocycles. The normalized spacial score (nSPS) is 11.7. The van der Waals surface area contributed by atoms with E-state index >= 15 is 0 Å². The van der Waals surface area contributed by atoms with Gasteiger partial charge in [-0.2, -0.15) is 0 Å². The second-order valence-electron chi connectivity index (χ2n) is 19.4. The number of unbranched alkanes of at least 4 members (excludes halogenated alkanes) is 45. The molecule has 0 aliphatic rings. The molecule has 0 fully saturated rings. The Morgan fingerprint density at radius 1 is 0.259 bits per heavy atom. The van der Waals surface area contributed by atoms with Gasteiger partial charge in [0.25, 0.3) is 0 Å². The fourth-order valence-corrected chi connectivity index (χ4v) is 9.20.